The van der Waals surface area contributed by atoms with Crippen molar-refractivity contribution in [2.75, 3.05) is 0 Å². The Labute approximate surface area is 159 Å². The molecule has 1 unspecified atom stereocenters. The summed E-state index contributed by atoms with van der Waals surface area (Å²) in [6, 6.07) is 20.3. The summed E-state index contributed by atoms with van der Waals surface area (Å²) in [5.74, 6) is 0.540. The van der Waals surface area contributed by atoms with E-state index < -0.39 is 0 Å². The molecule has 0 saturated carbocycles. The van der Waals surface area contributed by atoms with Gasteiger partial charge in [-0.1, -0.05) is 103 Å². The summed E-state index contributed by atoms with van der Waals surface area (Å²) in [5, 5.41) is 5.61. The molecule has 0 aliphatic heterocycles. The van der Waals surface area contributed by atoms with Gasteiger partial charge in [-0.05, 0) is 56.3 Å². The molecule has 0 heterocycles. The molecule has 0 N–H and O–H groups in total. The molecular formula is C26H34. The molecule has 0 amide bonds. The van der Waals surface area contributed by atoms with Crippen molar-refractivity contribution in [1.82, 2.24) is 0 Å². The van der Waals surface area contributed by atoms with Crippen LogP contribution in [0.2, 0.25) is 0 Å². The van der Waals surface area contributed by atoms with E-state index in [9.17, 15) is 0 Å². The van der Waals surface area contributed by atoms with Gasteiger partial charge in [0.1, 0.15) is 0 Å². The molecule has 3 aromatic rings. The van der Waals surface area contributed by atoms with E-state index in [1.54, 1.807) is 5.56 Å². The Bertz CT molecular complexity index is 844. The van der Waals surface area contributed by atoms with Gasteiger partial charge in [0.2, 0.25) is 0 Å². The van der Waals surface area contributed by atoms with Crippen LogP contribution in [0, 0.1) is 10.8 Å². The lowest BCUT2D eigenvalue weighted by molar-refractivity contribution is 0.190. The van der Waals surface area contributed by atoms with Crippen molar-refractivity contribution in [1.29, 1.82) is 0 Å². The zero-order valence-electron chi connectivity index (χ0n) is 17.4. The summed E-state index contributed by atoms with van der Waals surface area (Å²) in [7, 11) is 0. The van der Waals surface area contributed by atoms with Gasteiger partial charge in [0, 0.05) is 0 Å². The Balaban J connectivity index is 2.35. The van der Waals surface area contributed by atoms with Crippen molar-refractivity contribution in [3.05, 3.63) is 60.2 Å². The second-order valence-corrected chi connectivity index (χ2v) is 9.35. The smallest absolute Gasteiger partial charge is 0.00933 e. The SMILES string of the molecule is CCC(C)(C)CC(c1c2ccccc2cc2ccccc12)C(C)(C)CC. The van der Waals surface area contributed by atoms with Crippen molar-refractivity contribution in [2.24, 2.45) is 10.8 Å². The molecule has 3 aromatic carbocycles. The summed E-state index contributed by atoms with van der Waals surface area (Å²) in [4.78, 5) is 0. The number of hydrogen-bond donors (Lipinski definition) is 0. The summed E-state index contributed by atoms with van der Waals surface area (Å²) in [6.07, 6.45) is 3.63. The summed E-state index contributed by atoms with van der Waals surface area (Å²) >= 11 is 0. The molecular weight excluding hydrogens is 312 g/mol. The zero-order chi connectivity index (χ0) is 18.9. The third-order valence-electron chi connectivity index (χ3n) is 6.73. The normalized spacial score (nSPS) is 14.1. The van der Waals surface area contributed by atoms with E-state index in [0.717, 1.165) is 0 Å². The second-order valence-electron chi connectivity index (χ2n) is 9.35. The van der Waals surface area contributed by atoms with E-state index >= 15 is 0 Å². The molecule has 0 heteroatoms. The van der Waals surface area contributed by atoms with Crippen molar-refractivity contribution < 1.29 is 0 Å². The van der Waals surface area contributed by atoms with Gasteiger partial charge in [0.25, 0.3) is 0 Å². The molecule has 0 nitrogen and oxygen atoms in total. The number of benzene rings is 3. The molecule has 138 valence electrons. The predicted molar refractivity (Wildman–Crippen MR) is 117 cm³/mol. The number of fused-ring (bicyclic) bond motifs is 2. The first-order chi connectivity index (χ1) is 12.3. The maximum Gasteiger partial charge on any atom is -0.00933 e. The molecule has 0 spiro atoms. The standard InChI is InChI=1S/C26H34/c1-7-25(3,4)18-23(26(5,6)8-2)24-21-15-11-9-13-19(21)17-20-14-10-12-16-22(20)24/h9-17,23H,7-8,18H2,1-6H3. The zero-order valence-corrected chi connectivity index (χ0v) is 17.4. The maximum atomic E-state index is 2.46. The quantitative estimate of drug-likeness (QED) is 0.393. The van der Waals surface area contributed by atoms with Crippen molar-refractivity contribution in [2.45, 2.75) is 66.7 Å². The van der Waals surface area contributed by atoms with Crippen LogP contribution >= 0.6 is 0 Å². The van der Waals surface area contributed by atoms with Crippen LogP contribution in [-0.4, -0.2) is 0 Å². The summed E-state index contributed by atoms with van der Waals surface area (Å²) < 4.78 is 0. The van der Waals surface area contributed by atoms with Gasteiger partial charge in [-0.3, -0.25) is 0 Å². The van der Waals surface area contributed by atoms with E-state index in [2.05, 4.69) is 96.1 Å². The van der Waals surface area contributed by atoms with Crippen LogP contribution in [-0.2, 0) is 0 Å². The van der Waals surface area contributed by atoms with Crippen molar-refractivity contribution in [3.63, 3.8) is 0 Å². The Morgan fingerprint density at radius 1 is 0.731 bits per heavy atom. The van der Waals surface area contributed by atoms with Crippen LogP contribution in [0.3, 0.4) is 0 Å². The Hall–Kier alpha value is -1.82. The van der Waals surface area contributed by atoms with Crippen LogP contribution in [0.25, 0.3) is 21.5 Å². The van der Waals surface area contributed by atoms with E-state index in [1.807, 2.05) is 0 Å². The number of rotatable bonds is 6. The average molecular weight is 347 g/mol. The molecule has 3 rings (SSSR count). The Morgan fingerprint density at radius 2 is 1.23 bits per heavy atom. The lowest BCUT2D eigenvalue weighted by atomic mass is 9.64. The van der Waals surface area contributed by atoms with Gasteiger partial charge >= 0.3 is 0 Å². The van der Waals surface area contributed by atoms with Crippen LogP contribution in [0.4, 0.5) is 0 Å². The largest absolute Gasteiger partial charge is 0.0649 e. The van der Waals surface area contributed by atoms with Crippen LogP contribution < -0.4 is 0 Å². The van der Waals surface area contributed by atoms with E-state index in [-0.39, 0.29) is 5.41 Å². The fraction of sp³-hybridized carbons (Fsp3) is 0.462. The van der Waals surface area contributed by atoms with Crippen LogP contribution in [0.5, 0.6) is 0 Å². The highest BCUT2D eigenvalue weighted by Crippen LogP contribution is 2.50. The fourth-order valence-electron chi connectivity index (χ4n) is 4.14. The molecule has 0 fully saturated rings. The fourth-order valence-corrected chi connectivity index (χ4v) is 4.14. The third kappa shape index (κ3) is 3.52. The lowest BCUT2D eigenvalue weighted by Crippen LogP contribution is -2.27. The van der Waals surface area contributed by atoms with Gasteiger partial charge in [-0.2, -0.15) is 0 Å². The lowest BCUT2D eigenvalue weighted by Gasteiger charge is -2.40. The molecule has 1 atom stereocenters. The minimum atomic E-state index is 0.263. The van der Waals surface area contributed by atoms with E-state index in [4.69, 9.17) is 0 Å². The van der Waals surface area contributed by atoms with Gasteiger partial charge in [0.15, 0.2) is 0 Å². The van der Waals surface area contributed by atoms with Crippen molar-refractivity contribution >= 4 is 21.5 Å². The predicted octanol–water partition coefficient (Wildman–Crippen LogP) is 8.34. The summed E-state index contributed by atoms with van der Waals surface area (Å²) in [5.41, 5.74) is 2.17. The van der Waals surface area contributed by atoms with Gasteiger partial charge in [-0.15, -0.1) is 0 Å². The van der Waals surface area contributed by atoms with Gasteiger partial charge < -0.3 is 0 Å². The second kappa shape index (κ2) is 7.06. The molecule has 0 radical (unpaired) electrons. The van der Waals surface area contributed by atoms with Crippen LogP contribution in [0.1, 0.15) is 72.3 Å². The average Bonchev–Trinajstić information content (AvgIpc) is 2.64. The Kier molecular flexibility index (Phi) is 5.15. The van der Waals surface area contributed by atoms with E-state index in [1.165, 1.54) is 40.8 Å². The molecule has 0 aliphatic rings. The highest BCUT2D eigenvalue weighted by molar-refractivity contribution is 6.02. The monoisotopic (exact) mass is 346 g/mol. The summed E-state index contributed by atoms with van der Waals surface area (Å²) in [6.45, 7) is 14.5. The van der Waals surface area contributed by atoms with Gasteiger partial charge in [-0.25, -0.2) is 0 Å². The first-order valence-electron chi connectivity index (χ1n) is 10.2. The van der Waals surface area contributed by atoms with E-state index in [0.29, 0.717) is 11.3 Å². The highest BCUT2D eigenvalue weighted by atomic mass is 14.4. The molecule has 0 bridgehead atoms. The first kappa shape index (κ1) is 19.0. The maximum absolute atomic E-state index is 2.46. The molecule has 0 aromatic heterocycles. The first-order valence-corrected chi connectivity index (χ1v) is 10.2. The van der Waals surface area contributed by atoms with Gasteiger partial charge in [0.05, 0.1) is 0 Å². The van der Waals surface area contributed by atoms with Crippen LogP contribution in [0.15, 0.2) is 54.6 Å². The minimum Gasteiger partial charge on any atom is -0.0649 e. The number of hydrogen-bond acceptors (Lipinski definition) is 0. The Morgan fingerprint density at radius 3 is 1.69 bits per heavy atom. The van der Waals surface area contributed by atoms with Crippen molar-refractivity contribution in [3.8, 4) is 0 Å². The molecule has 26 heavy (non-hydrogen) atoms. The highest BCUT2D eigenvalue weighted by Gasteiger charge is 2.35. The minimum absolute atomic E-state index is 0.263. The molecule has 0 saturated heterocycles. The topological polar surface area (TPSA) is 0 Å². The third-order valence-corrected chi connectivity index (χ3v) is 6.73. The molecule has 0 aliphatic carbocycles.